The molecule has 0 aromatic carbocycles. The largest absolute Gasteiger partial charge is 0.389 e. The Morgan fingerprint density at radius 1 is 1.33 bits per heavy atom. The van der Waals surface area contributed by atoms with Gasteiger partial charge in [0.15, 0.2) is 0 Å². The summed E-state index contributed by atoms with van der Waals surface area (Å²) in [4.78, 5) is 0. The third kappa shape index (κ3) is 2.93. The van der Waals surface area contributed by atoms with E-state index in [1.807, 2.05) is 27.7 Å². The Labute approximate surface area is 92.5 Å². The standard InChI is InChI=1S/C12H22N2O/c1-10(2,11(3,4)15)14-9-12(5-6-12)7-8-13/h14-15H,5-7,9H2,1-4H3. The van der Waals surface area contributed by atoms with E-state index >= 15 is 0 Å². The van der Waals surface area contributed by atoms with Crippen molar-refractivity contribution in [3.05, 3.63) is 0 Å². The van der Waals surface area contributed by atoms with Crippen molar-refractivity contribution in [2.75, 3.05) is 6.54 Å². The molecular formula is C12H22N2O. The quantitative estimate of drug-likeness (QED) is 0.727. The van der Waals surface area contributed by atoms with E-state index in [-0.39, 0.29) is 11.0 Å². The molecule has 0 aromatic heterocycles. The van der Waals surface area contributed by atoms with Gasteiger partial charge < -0.3 is 10.4 Å². The van der Waals surface area contributed by atoms with Crippen LogP contribution in [0.5, 0.6) is 0 Å². The zero-order valence-electron chi connectivity index (χ0n) is 10.2. The number of hydrogen-bond acceptors (Lipinski definition) is 3. The molecule has 0 aromatic rings. The van der Waals surface area contributed by atoms with Crippen molar-refractivity contribution in [1.29, 1.82) is 5.26 Å². The first-order valence-electron chi connectivity index (χ1n) is 5.57. The van der Waals surface area contributed by atoms with Crippen LogP contribution in [0.25, 0.3) is 0 Å². The molecule has 0 bridgehead atoms. The van der Waals surface area contributed by atoms with Gasteiger partial charge in [0.1, 0.15) is 0 Å². The molecule has 15 heavy (non-hydrogen) atoms. The van der Waals surface area contributed by atoms with Crippen molar-refractivity contribution in [2.45, 2.75) is 58.1 Å². The minimum absolute atomic E-state index is 0.192. The van der Waals surface area contributed by atoms with Crippen molar-refractivity contribution in [3.8, 4) is 6.07 Å². The van der Waals surface area contributed by atoms with Crippen LogP contribution in [-0.2, 0) is 0 Å². The summed E-state index contributed by atoms with van der Waals surface area (Å²) in [6.45, 7) is 8.44. The molecule has 0 saturated heterocycles. The van der Waals surface area contributed by atoms with Gasteiger partial charge in [-0.1, -0.05) is 0 Å². The molecule has 1 saturated carbocycles. The number of nitriles is 1. The van der Waals surface area contributed by atoms with E-state index in [2.05, 4.69) is 11.4 Å². The molecule has 1 aliphatic rings. The molecule has 1 aliphatic carbocycles. The molecular weight excluding hydrogens is 188 g/mol. The van der Waals surface area contributed by atoms with Gasteiger partial charge in [-0.05, 0) is 46.0 Å². The molecule has 1 rings (SSSR count). The van der Waals surface area contributed by atoms with Crippen LogP contribution in [0, 0.1) is 16.7 Å². The van der Waals surface area contributed by atoms with E-state index in [4.69, 9.17) is 5.26 Å². The van der Waals surface area contributed by atoms with Gasteiger partial charge in [0.25, 0.3) is 0 Å². The highest BCUT2D eigenvalue weighted by Crippen LogP contribution is 2.48. The van der Waals surface area contributed by atoms with Crippen molar-refractivity contribution in [3.63, 3.8) is 0 Å². The van der Waals surface area contributed by atoms with E-state index in [9.17, 15) is 5.11 Å². The Hall–Kier alpha value is -0.590. The van der Waals surface area contributed by atoms with Crippen LogP contribution in [0.15, 0.2) is 0 Å². The van der Waals surface area contributed by atoms with Crippen LogP contribution in [0.2, 0.25) is 0 Å². The highest BCUT2D eigenvalue weighted by atomic mass is 16.3. The van der Waals surface area contributed by atoms with E-state index < -0.39 is 5.60 Å². The summed E-state index contributed by atoms with van der Waals surface area (Å²) in [6, 6.07) is 2.24. The topological polar surface area (TPSA) is 56.0 Å². The maximum Gasteiger partial charge on any atom is 0.0767 e. The maximum atomic E-state index is 9.97. The molecule has 86 valence electrons. The molecule has 3 nitrogen and oxygen atoms in total. The first-order valence-corrected chi connectivity index (χ1v) is 5.57. The number of nitrogens with zero attached hydrogens (tertiary/aromatic N) is 1. The summed E-state index contributed by atoms with van der Waals surface area (Å²) in [5.74, 6) is 0. The molecule has 0 aliphatic heterocycles. The van der Waals surface area contributed by atoms with Crippen LogP contribution < -0.4 is 5.32 Å². The Balaban J connectivity index is 2.47. The Bertz CT molecular complexity index is 266. The van der Waals surface area contributed by atoms with Crippen LogP contribution in [-0.4, -0.2) is 22.8 Å². The lowest BCUT2D eigenvalue weighted by molar-refractivity contribution is -0.00656. The second-order valence-corrected chi connectivity index (χ2v) is 5.87. The molecule has 0 unspecified atom stereocenters. The molecule has 0 radical (unpaired) electrons. The van der Waals surface area contributed by atoms with Gasteiger partial charge in [0, 0.05) is 18.5 Å². The zero-order valence-corrected chi connectivity index (χ0v) is 10.2. The van der Waals surface area contributed by atoms with Gasteiger partial charge in [-0.25, -0.2) is 0 Å². The fraction of sp³-hybridized carbons (Fsp3) is 0.917. The zero-order chi connectivity index (χ0) is 11.7. The molecule has 1 fully saturated rings. The number of rotatable bonds is 5. The van der Waals surface area contributed by atoms with E-state index in [0.29, 0.717) is 6.42 Å². The van der Waals surface area contributed by atoms with Gasteiger partial charge >= 0.3 is 0 Å². The van der Waals surface area contributed by atoms with Crippen LogP contribution in [0.4, 0.5) is 0 Å². The van der Waals surface area contributed by atoms with E-state index in [0.717, 1.165) is 19.4 Å². The predicted octanol–water partition coefficient (Wildman–Crippen LogP) is 1.82. The summed E-state index contributed by atoms with van der Waals surface area (Å²) < 4.78 is 0. The van der Waals surface area contributed by atoms with Crippen LogP contribution in [0.1, 0.15) is 47.0 Å². The summed E-state index contributed by atoms with van der Waals surface area (Å²) in [7, 11) is 0. The summed E-state index contributed by atoms with van der Waals surface area (Å²) in [5, 5.41) is 22.1. The lowest BCUT2D eigenvalue weighted by atomic mass is 9.85. The fourth-order valence-electron chi connectivity index (χ4n) is 1.39. The number of hydrogen-bond donors (Lipinski definition) is 2. The third-order valence-corrected chi connectivity index (χ3v) is 3.85. The second-order valence-electron chi connectivity index (χ2n) is 5.87. The summed E-state index contributed by atoms with van der Waals surface area (Å²) in [6.07, 6.45) is 2.90. The third-order valence-electron chi connectivity index (χ3n) is 3.85. The van der Waals surface area contributed by atoms with Crippen molar-refractivity contribution in [1.82, 2.24) is 5.32 Å². The summed E-state index contributed by atoms with van der Waals surface area (Å²) in [5.41, 5.74) is -0.884. The summed E-state index contributed by atoms with van der Waals surface area (Å²) >= 11 is 0. The Morgan fingerprint density at radius 2 is 1.87 bits per heavy atom. The number of nitrogens with one attached hydrogen (secondary N) is 1. The van der Waals surface area contributed by atoms with Crippen molar-refractivity contribution < 1.29 is 5.11 Å². The first-order chi connectivity index (χ1) is 6.72. The monoisotopic (exact) mass is 210 g/mol. The van der Waals surface area contributed by atoms with Gasteiger partial charge in [0.2, 0.25) is 0 Å². The predicted molar refractivity (Wildman–Crippen MR) is 60.3 cm³/mol. The van der Waals surface area contributed by atoms with Crippen LogP contribution >= 0.6 is 0 Å². The van der Waals surface area contributed by atoms with Crippen molar-refractivity contribution >= 4 is 0 Å². The second kappa shape index (κ2) is 3.77. The molecule has 2 N–H and O–H groups in total. The minimum atomic E-state index is -0.754. The Kier molecular flexibility index (Phi) is 3.14. The van der Waals surface area contributed by atoms with Gasteiger partial charge in [0.05, 0.1) is 11.7 Å². The smallest absolute Gasteiger partial charge is 0.0767 e. The van der Waals surface area contributed by atoms with E-state index in [1.54, 1.807) is 0 Å². The van der Waals surface area contributed by atoms with E-state index in [1.165, 1.54) is 0 Å². The maximum absolute atomic E-state index is 9.97. The normalized spacial score (nSPS) is 19.7. The Morgan fingerprint density at radius 3 is 2.20 bits per heavy atom. The molecule has 0 spiro atoms. The van der Waals surface area contributed by atoms with Gasteiger partial charge in [-0.2, -0.15) is 5.26 Å². The average Bonchev–Trinajstić information content (AvgIpc) is 2.81. The SMILES string of the molecule is CC(C)(O)C(C)(C)NCC1(CC#N)CC1. The molecule has 3 heteroatoms. The number of aliphatic hydroxyl groups is 1. The highest BCUT2D eigenvalue weighted by molar-refractivity contribution is 5.03. The molecule has 0 amide bonds. The lowest BCUT2D eigenvalue weighted by Gasteiger charge is -2.39. The van der Waals surface area contributed by atoms with Gasteiger partial charge in [-0.3, -0.25) is 0 Å². The molecule has 0 heterocycles. The van der Waals surface area contributed by atoms with Crippen LogP contribution in [0.3, 0.4) is 0 Å². The lowest BCUT2D eigenvalue weighted by Crippen LogP contribution is -2.57. The average molecular weight is 210 g/mol. The minimum Gasteiger partial charge on any atom is -0.389 e. The fourth-order valence-corrected chi connectivity index (χ4v) is 1.39. The first kappa shape index (κ1) is 12.5. The van der Waals surface area contributed by atoms with Gasteiger partial charge in [-0.15, -0.1) is 0 Å². The molecule has 0 atom stereocenters. The highest BCUT2D eigenvalue weighted by Gasteiger charge is 2.44. The van der Waals surface area contributed by atoms with Crippen molar-refractivity contribution in [2.24, 2.45) is 5.41 Å².